The largest absolute Gasteiger partial charge is 0.481 e. The smallest absolute Gasteiger partial charge is 0.350 e. The molecule has 1 saturated heterocycles. The Bertz CT molecular complexity index is 3160. The van der Waals surface area contributed by atoms with Crippen molar-refractivity contribution in [1.82, 2.24) is 20.6 Å². The molecule has 460 valence electrons. The lowest BCUT2D eigenvalue weighted by atomic mass is 9.44. The molecular weight excluding hydrogens is 1120 g/mol. The van der Waals surface area contributed by atoms with E-state index in [1.54, 1.807) is 43.3 Å². The van der Waals surface area contributed by atoms with Crippen LogP contribution in [0.25, 0.3) is 0 Å². The number of aromatic nitrogens is 2. The van der Waals surface area contributed by atoms with E-state index in [0.717, 1.165) is 26.7 Å². The van der Waals surface area contributed by atoms with Gasteiger partial charge in [0, 0.05) is 44.7 Å². The molecule has 9 rings (SSSR count). The monoisotopic (exact) mass is 1190 g/mol. The summed E-state index contributed by atoms with van der Waals surface area (Å²) < 4.78 is 44.4. The number of aliphatic carboxylic acids is 1. The normalized spacial score (nSPS) is 28.7. The summed E-state index contributed by atoms with van der Waals surface area (Å²) in [5, 5.41) is 29.4. The Morgan fingerprint density at radius 2 is 1.40 bits per heavy atom. The number of hydrogen-bond donors (Lipinski definition) is 4. The lowest BCUT2D eigenvalue weighted by molar-refractivity contribution is -0.346. The van der Waals surface area contributed by atoms with Crippen molar-refractivity contribution >= 4 is 59.4 Å². The van der Waals surface area contributed by atoms with Crippen LogP contribution in [0, 0.1) is 35.5 Å². The second-order valence-corrected chi connectivity index (χ2v) is 24.3. The van der Waals surface area contributed by atoms with Crippen LogP contribution in [0.1, 0.15) is 157 Å². The Balaban J connectivity index is 1.20. The Hall–Kier alpha value is -7.92. The van der Waals surface area contributed by atoms with Gasteiger partial charge in [0.25, 0.3) is 5.91 Å². The molecule has 4 N–H and O–H groups in total. The molecule has 12 atom stereocenters. The number of fused-ring (bicyclic) bond motifs is 5. The van der Waals surface area contributed by atoms with Crippen molar-refractivity contribution in [3.05, 3.63) is 107 Å². The van der Waals surface area contributed by atoms with Crippen LogP contribution >= 0.6 is 0 Å². The summed E-state index contributed by atoms with van der Waals surface area (Å²) in [4.78, 5) is 151. The van der Waals surface area contributed by atoms with E-state index < -0.39 is 174 Å². The highest BCUT2D eigenvalue weighted by atomic mass is 16.6. The molecule has 23 nitrogen and oxygen atoms in total. The third-order valence-electron chi connectivity index (χ3n) is 18.6. The molecule has 1 aromatic heterocycles. The van der Waals surface area contributed by atoms with Gasteiger partial charge < -0.3 is 54.0 Å². The van der Waals surface area contributed by atoms with Gasteiger partial charge in [0.2, 0.25) is 12.0 Å². The summed E-state index contributed by atoms with van der Waals surface area (Å²) in [6, 6.07) is 12.4. The van der Waals surface area contributed by atoms with Gasteiger partial charge in [-0.2, -0.15) is 0 Å². The standard InChI is InChI=1S/C63H74N4O19/c1-33-30-65-42(31-64-33)55(74)66-41(26-27-46(70)71)54(73)67-48(37-18-10-8-11-19-37)50(84-57(76)39-24-16-17-25-39)59(78)82-43-29-63(79)53(85-58(77)40-20-12-9-13-21-40)51-61(7,52(72)49(81-35(3)68)47(34(43)2)60(63,5)6)44(83-56(75)38-22-14-15-23-38)28-45-62(51,32-80-45)86-36(4)69/h8-13,18-21,30-31,38-39,41,43-45,48-51,53,79H,14-17,22-29,32H2,1-7H3,(H,66,74)(H,67,73)(H,70,71)/t41-,43+,44+,45-,48+,49-,50-,51+,53+,61-,62+,63-/m1/s1. The van der Waals surface area contributed by atoms with Crippen LogP contribution < -0.4 is 10.6 Å². The molecule has 5 fully saturated rings. The molecule has 2 amide bonds. The van der Waals surface area contributed by atoms with E-state index in [2.05, 4.69) is 20.6 Å². The number of esters is 6. The third-order valence-corrected chi connectivity index (χ3v) is 18.6. The summed E-state index contributed by atoms with van der Waals surface area (Å²) in [6.07, 6.45) is -5.09. The van der Waals surface area contributed by atoms with E-state index in [0.29, 0.717) is 44.2 Å². The van der Waals surface area contributed by atoms with E-state index in [9.17, 15) is 48.6 Å². The van der Waals surface area contributed by atoms with E-state index in [1.807, 2.05) is 0 Å². The summed E-state index contributed by atoms with van der Waals surface area (Å²) in [5.41, 5.74) is -8.02. The van der Waals surface area contributed by atoms with Crippen LogP contribution in [0.2, 0.25) is 0 Å². The van der Waals surface area contributed by atoms with Crippen molar-refractivity contribution in [2.24, 2.45) is 28.6 Å². The highest BCUT2D eigenvalue weighted by Crippen LogP contribution is 2.65. The summed E-state index contributed by atoms with van der Waals surface area (Å²) >= 11 is 0. The average Bonchev–Trinajstić information content (AvgIpc) is 0.819. The van der Waals surface area contributed by atoms with Crippen molar-refractivity contribution in [3.63, 3.8) is 0 Å². The Kier molecular flexibility index (Phi) is 18.3. The number of carboxylic acid groups (broad SMARTS) is 1. The fourth-order valence-electron chi connectivity index (χ4n) is 13.9. The Morgan fingerprint density at radius 1 is 0.767 bits per heavy atom. The van der Waals surface area contributed by atoms with Crippen molar-refractivity contribution in [2.75, 3.05) is 6.61 Å². The number of carbonyl (C=O) groups excluding carboxylic acids is 9. The van der Waals surface area contributed by atoms with Crippen LogP contribution in [0.3, 0.4) is 0 Å². The summed E-state index contributed by atoms with van der Waals surface area (Å²) in [7, 11) is 0. The topological polar surface area (TPSA) is 326 Å². The first-order valence-electron chi connectivity index (χ1n) is 29.3. The zero-order valence-corrected chi connectivity index (χ0v) is 49.2. The van der Waals surface area contributed by atoms with E-state index in [1.165, 1.54) is 64.4 Å². The van der Waals surface area contributed by atoms with Gasteiger partial charge in [0.05, 0.1) is 47.2 Å². The second kappa shape index (κ2) is 25.2. The number of ketones is 1. The molecule has 2 aromatic carbocycles. The zero-order chi connectivity index (χ0) is 62.0. The molecule has 86 heavy (non-hydrogen) atoms. The van der Waals surface area contributed by atoms with Gasteiger partial charge in [-0.3, -0.25) is 43.3 Å². The maximum atomic E-state index is 16.5. The van der Waals surface area contributed by atoms with Crippen LogP contribution in [0.5, 0.6) is 0 Å². The van der Waals surface area contributed by atoms with Crippen molar-refractivity contribution in [3.8, 4) is 0 Å². The molecule has 3 aromatic rings. The fraction of sp³-hybridized carbons (Fsp3) is 0.556. The van der Waals surface area contributed by atoms with Gasteiger partial charge in [-0.1, -0.05) is 88.1 Å². The summed E-state index contributed by atoms with van der Waals surface area (Å²) in [5.74, 6) is -12.5. The number of carboxylic acids is 1. The van der Waals surface area contributed by atoms with Gasteiger partial charge in [-0.25, -0.2) is 14.6 Å². The Morgan fingerprint density at radius 3 is 1.97 bits per heavy atom. The molecule has 0 unspecified atom stereocenters. The lowest BCUT2D eigenvalue weighted by Crippen LogP contribution is -2.82. The predicted octanol–water partition coefficient (Wildman–Crippen LogP) is 5.67. The zero-order valence-electron chi connectivity index (χ0n) is 49.2. The first-order chi connectivity index (χ1) is 40.8. The number of benzene rings is 2. The van der Waals surface area contributed by atoms with Crippen molar-refractivity contribution in [1.29, 1.82) is 0 Å². The number of hydrogen-bond acceptors (Lipinski definition) is 20. The maximum Gasteiger partial charge on any atom is 0.350 e. The lowest BCUT2D eigenvalue weighted by Gasteiger charge is -2.67. The van der Waals surface area contributed by atoms with Gasteiger partial charge in [-0.05, 0) is 81.7 Å². The number of nitrogens with one attached hydrogen (secondary N) is 2. The molecule has 6 aliphatic rings. The second-order valence-electron chi connectivity index (χ2n) is 24.3. The number of carbonyl (C=O) groups is 10. The van der Waals surface area contributed by atoms with Gasteiger partial charge in [0.15, 0.2) is 17.5 Å². The number of amides is 2. The first-order valence-corrected chi connectivity index (χ1v) is 29.3. The summed E-state index contributed by atoms with van der Waals surface area (Å²) in [6.45, 7) is 9.46. The first kappa shape index (κ1) is 62.6. The van der Waals surface area contributed by atoms with Crippen LogP contribution in [-0.4, -0.2) is 140 Å². The predicted molar refractivity (Wildman–Crippen MR) is 298 cm³/mol. The molecule has 23 heteroatoms. The van der Waals surface area contributed by atoms with E-state index in [-0.39, 0.29) is 34.4 Å². The quantitative estimate of drug-likeness (QED) is 0.0638. The number of nitrogens with zero attached hydrogens (tertiary/aromatic N) is 2. The highest BCUT2D eigenvalue weighted by molar-refractivity contribution is 5.97. The number of aryl methyl sites for hydroxylation is 1. The third kappa shape index (κ3) is 12.1. The minimum absolute atomic E-state index is 0.00463. The number of Topliss-reactive ketones (excluding diaryl/α,β-unsaturated/α-hetero) is 1. The van der Waals surface area contributed by atoms with Gasteiger partial charge in [-0.15, -0.1) is 0 Å². The molecule has 4 saturated carbocycles. The maximum absolute atomic E-state index is 16.5. The number of rotatable bonds is 19. The van der Waals surface area contributed by atoms with Crippen molar-refractivity contribution < 1.29 is 91.3 Å². The number of aliphatic hydroxyl groups is 1. The number of ether oxygens (including phenoxy) is 7. The SMILES string of the molecule is CC(=O)O[C@H]1C(=O)[C@]2(C)[C@@H](OC(=O)C3CCCC3)C[C@H]3OC[C@@]3(OC(C)=O)[C@H]2[C@H](OC(=O)c2ccccc2)[C@]2(O)C[C@H](OC(=O)[C@H](OC(=O)C3CCCC3)[C@@H](NC(=O)[C@@H](CCC(=O)O)NC(=O)c3cnc(C)cn3)c3ccccc3)C(C)=C1C2(C)C. The van der Waals surface area contributed by atoms with Crippen LogP contribution in [0.4, 0.5) is 0 Å². The van der Waals surface area contributed by atoms with Gasteiger partial charge in [0.1, 0.15) is 47.8 Å². The molecule has 0 radical (unpaired) electrons. The average molecular weight is 1190 g/mol. The molecule has 0 spiro atoms. The molecule has 2 heterocycles. The highest BCUT2D eigenvalue weighted by Gasteiger charge is 2.79. The molecule has 1 aliphatic heterocycles. The minimum Gasteiger partial charge on any atom is -0.481 e. The van der Waals surface area contributed by atoms with Crippen LogP contribution in [-0.2, 0) is 71.5 Å². The van der Waals surface area contributed by atoms with Crippen molar-refractivity contribution in [2.45, 2.75) is 185 Å². The van der Waals surface area contributed by atoms with Gasteiger partial charge >= 0.3 is 41.8 Å². The molecular formula is C63H74N4O19. The fourth-order valence-corrected chi connectivity index (χ4v) is 13.9. The van der Waals surface area contributed by atoms with Crippen LogP contribution in [0.15, 0.2) is 84.2 Å². The minimum atomic E-state index is -2.58. The van der Waals surface area contributed by atoms with E-state index >= 15 is 9.59 Å². The van der Waals surface area contributed by atoms with E-state index in [4.69, 9.17) is 33.2 Å². The molecule has 2 bridgehead atoms. The molecule has 5 aliphatic carbocycles. The Labute approximate surface area is 497 Å².